The molecule has 2 fully saturated rings. The van der Waals surface area contributed by atoms with Crippen molar-refractivity contribution < 1.29 is 14.0 Å². The smallest absolute Gasteiger partial charge is 0.235 e. The topological polar surface area (TPSA) is 62.3 Å². The number of aromatic nitrogens is 1. The Morgan fingerprint density at radius 3 is 2.75 bits per heavy atom. The molecule has 2 saturated heterocycles. The number of nitrogens with zero attached hydrogens (tertiary/aromatic N) is 2. The Labute approximate surface area is 138 Å². The molecule has 0 bridgehead atoms. The van der Waals surface area contributed by atoms with Gasteiger partial charge in [-0.05, 0) is 43.5 Å². The monoisotopic (exact) mass is 327 g/mol. The predicted molar refractivity (Wildman–Crippen MR) is 88.2 cm³/mol. The van der Waals surface area contributed by atoms with E-state index in [0.29, 0.717) is 30.4 Å². The van der Waals surface area contributed by atoms with Gasteiger partial charge in [-0.25, -0.2) is 9.37 Å². The third-order valence-electron chi connectivity index (χ3n) is 5.18. The zero-order valence-corrected chi connectivity index (χ0v) is 13.6. The van der Waals surface area contributed by atoms with E-state index in [-0.39, 0.29) is 24.1 Å². The summed E-state index contributed by atoms with van der Waals surface area (Å²) in [6.45, 7) is 4.93. The van der Waals surface area contributed by atoms with Crippen LogP contribution in [0.4, 0.5) is 10.2 Å². The van der Waals surface area contributed by atoms with Crippen LogP contribution in [0.3, 0.4) is 0 Å². The van der Waals surface area contributed by atoms with Gasteiger partial charge in [0.05, 0.1) is 10.9 Å². The van der Waals surface area contributed by atoms with Crippen molar-refractivity contribution in [1.82, 2.24) is 10.3 Å². The lowest BCUT2D eigenvalue weighted by molar-refractivity contribution is -0.127. The van der Waals surface area contributed by atoms with Crippen molar-refractivity contribution in [3.8, 4) is 0 Å². The number of nitrogens with one attached hydrogen (secondary N) is 1. The summed E-state index contributed by atoms with van der Waals surface area (Å²) >= 11 is 0. The van der Waals surface area contributed by atoms with Crippen LogP contribution in [0, 0.1) is 25.1 Å². The highest BCUT2D eigenvalue weighted by Crippen LogP contribution is 2.40. The van der Waals surface area contributed by atoms with Gasteiger partial charge in [0.25, 0.3) is 0 Å². The summed E-state index contributed by atoms with van der Waals surface area (Å²) < 4.78 is 14.0. The second kappa shape index (κ2) is 5.00. The van der Waals surface area contributed by atoms with Gasteiger partial charge in [0.15, 0.2) is 0 Å². The minimum atomic E-state index is -0.642. The van der Waals surface area contributed by atoms with E-state index in [9.17, 15) is 14.0 Å². The fourth-order valence-electron chi connectivity index (χ4n) is 3.85. The summed E-state index contributed by atoms with van der Waals surface area (Å²) in [5.41, 5.74) is 1.78. The van der Waals surface area contributed by atoms with Gasteiger partial charge in [0, 0.05) is 24.9 Å². The molecule has 2 aromatic rings. The Kier molecular flexibility index (Phi) is 3.13. The first-order valence-corrected chi connectivity index (χ1v) is 8.05. The molecule has 3 heterocycles. The SMILES string of the molecule is Cc1cc2c(F)ccc(C)c2nc1N1CCC2(CC(=O)NC2=O)C1. The summed E-state index contributed by atoms with van der Waals surface area (Å²) in [5, 5.41) is 2.92. The molecule has 6 heteroatoms. The van der Waals surface area contributed by atoms with Gasteiger partial charge in [0.1, 0.15) is 11.6 Å². The summed E-state index contributed by atoms with van der Waals surface area (Å²) in [6, 6.07) is 4.99. The molecule has 1 spiro atoms. The van der Waals surface area contributed by atoms with E-state index >= 15 is 0 Å². The molecule has 2 amide bonds. The molecule has 1 N–H and O–H groups in total. The maximum atomic E-state index is 14.0. The summed E-state index contributed by atoms with van der Waals surface area (Å²) in [5.74, 6) is 0.0928. The van der Waals surface area contributed by atoms with E-state index in [4.69, 9.17) is 0 Å². The largest absolute Gasteiger partial charge is 0.355 e. The quantitative estimate of drug-likeness (QED) is 0.816. The van der Waals surface area contributed by atoms with Gasteiger partial charge < -0.3 is 4.90 Å². The molecule has 5 nitrogen and oxygen atoms in total. The Balaban J connectivity index is 1.75. The van der Waals surface area contributed by atoms with Gasteiger partial charge in [-0.2, -0.15) is 0 Å². The molecule has 24 heavy (non-hydrogen) atoms. The molecule has 1 unspecified atom stereocenters. The van der Waals surface area contributed by atoms with Gasteiger partial charge in [0.2, 0.25) is 11.8 Å². The van der Waals surface area contributed by atoms with Crippen LogP contribution in [0.1, 0.15) is 24.0 Å². The average Bonchev–Trinajstić information content (AvgIpc) is 3.07. The van der Waals surface area contributed by atoms with Crippen molar-refractivity contribution >= 4 is 28.5 Å². The molecule has 1 atom stereocenters. The Morgan fingerprint density at radius 1 is 1.25 bits per heavy atom. The average molecular weight is 327 g/mol. The van der Waals surface area contributed by atoms with Crippen molar-refractivity contribution in [2.24, 2.45) is 5.41 Å². The van der Waals surface area contributed by atoms with Gasteiger partial charge in [-0.15, -0.1) is 0 Å². The molecule has 124 valence electrons. The van der Waals surface area contributed by atoms with E-state index in [1.807, 2.05) is 24.8 Å². The maximum Gasteiger partial charge on any atom is 0.235 e. The fraction of sp³-hybridized carbons (Fsp3) is 0.389. The number of fused-ring (bicyclic) bond motifs is 1. The molecule has 2 aliphatic heterocycles. The second-order valence-corrected chi connectivity index (χ2v) is 6.90. The van der Waals surface area contributed by atoms with Crippen LogP contribution < -0.4 is 10.2 Å². The number of carbonyl (C=O) groups is 2. The van der Waals surface area contributed by atoms with Crippen LogP contribution in [0.2, 0.25) is 0 Å². The van der Waals surface area contributed by atoms with Crippen LogP contribution in [0.25, 0.3) is 10.9 Å². The molecule has 2 aliphatic rings. The van der Waals surface area contributed by atoms with Crippen LogP contribution in [0.15, 0.2) is 18.2 Å². The zero-order chi connectivity index (χ0) is 17.1. The molecular weight excluding hydrogens is 309 g/mol. The van der Waals surface area contributed by atoms with Gasteiger partial charge in [-0.1, -0.05) is 6.07 Å². The Morgan fingerprint density at radius 2 is 2.04 bits per heavy atom. The van der Waals surface area contributed by atoms with E-state index in [2.05, 4.69) is 10.3 Å². The summed E-state index contributed by atoms with van der Waals surface area (Å²) in [4.78, 5) is 30.5. The van der Waals surface area contributed by atoms with E-state index in [1.54, 1.807) is 6.07 Å². The number of benzene rings is 1. The first-order chi connectivity index (χ1) is 11.4. The molecule has 4 rings (SSSR count). The standard InChI is InChI=1S/C18H18FN3O2/c1-10-3-4-13(19)12-7-11(2)16(21-15(10)12)22-6-5-18(9-22)8-14(23)20-17(18)24/h3-4,7H,5-6,8-9H2,1-2H3,(H,20,23,24). The highest BCUT2D eigenvalue weighted by atomic mass is 19.1. The number of hydrogen-bond donors (Lipinski definition) is 1. The maximum absolute atomic E-state index is 14.0. The molecule has 0 radical (unpaired) electrons. The zero-order valence-electron chi connectivity index (χ0n) is 13.6. The van der Waals surface area contributed by atoms with Crippen LogP contribution in [-0.4, -0.2) is 29.9 Å². The van der Waals surface area contributed by atoms with Crippen LogP contribution >= 0.6 is 0 Å². The Bertz CT molecular complexity index is 895. The molecular formula is C18H18FN3O2. The van der Waals surface area contributed by atoms with E-state index in [0.717, 1.165) is 16.9 Å². The second-order valence-electron chi connectivity index (χ2n) is 6.90. The van der Waals surface area contributed by atoms with Crippen LogP contribution in [0.5, 0.6) is 0 Å². The first-order valence-electron chi connectivity index (χ1n) is 8.05. The number of pyridine rings is 1. The van der Waals surface area contributed by atoms with Gasteiger partial charge in [-0.3, -0.25) is 14.9 Å². The minimum absolute atomic E-state index is 0.185. The summed E-state index contributed by atoms with van der Waals surface area (Å²) in [6.07, 6.45) is 0.870. The van der Waals surface area contributed by atoms with Gasteiger partial charge >= 0.3 is 0 Å². The Hall–Kier alpha value is -2.50. The molecule has 0 aliphatic carbocycles. The van der Waals surface area contributed by atoms with Crippen LogP contribution in [-0.2, 0) is 9.59 Å². The number of anilines is 1. The number of halogens is 1. The molecule has 0 saturated carbocycles. The minimum Gasteiger partial charge on any atom is -0.355 e. The highest BCUT2D eigenvalue weighted by molar-refractivity contribution is 6.06. The van der Waals surface area contributed by atoms with Crippen molar-refractivity contribution in [2.45, 2.75) is 26.7 Å². The lowest BCUT2D eigenvalue weighted by Crippen LogP contribution is -2.35. The number of amides is 2. The fourth-order valence-corrected chi connectivity index (χ4v) is 3.85. The van der Waals surface area contributed by atoms with E-state index < -0.39 is 5.41 Å². The lowest BCUT2D eigenvalue weighted by Gasteiger charge is -2.23. The van der Waals surface area contributed by atoms with Crippen molar-refractivity contribution in [1.29, 1.82) is 0 Å². The first kappa shape index (κ1) is 15.1. The number of aryl methyl sites for hydroxylation is 2. The van der Waals surface area contributed by atoms with Crippen molar-refractivity contribution in [3.05, 3.63) is 35.1 Å². The highest BCUT2D eigenvalue weighted by Gasteiger charge is 2.51. The predicted octanol–water partition coefficient (Wildman–Crippen LogP) is 2.23. The molecule has 1 aromatic heterocycles. The number of imide groups is 1. The molecule has 1 aromatic carbocycles. The number of rotatable bonds is 1. The normalized spacial score (nSPS) is 23.5. The number of carbonyl (C=O) groups excluding carboxylic acids is 2. The summed E-state index contributed by atoms with van der Waals surface area (Å²) in [7, 11) is 0. The third-order valence-corrected chi connectivity index (χ3v) is 5.18. The lowest BCUT2D eigenvalue weighted by atomic mass is 9.85. The number of hydrogen-bond acceptors (Lipinski definition) is 4. The van der Waals surface area contributed by atoms with Crippen molar-refractivity contribution in [3.63, 3.8) is 0 Å². The van der Waals surface area contributed by atoms with E-state index in [1.165, 1.54) is 6.07 Å². The third kappa shape index (κ3) is 2.09. The van der Waals surface area contributed by atoms with Crippen molar-refractivity contribution in [2.75, 3.05) is 18.0 Å².